The van der Waals surface area contributed by atoms with Crippen molar-refractivity contribution in [3.63, 3.8) is 0 Å². The molecule has 0 radical (unpaired) electrons. The SMILES string of the molecule is C[C@@H](c1ccc(S(C)(=O)=O)cc1)N(C)C(=O)c1ccc(Oc2ccccc2)cc1. The Morgan fingerprint density at radius 2 is 1.41 bits per heavy atom. The Bertz CT molecular complexity index is 1080. The topological polar surface area (TPSA) is 63.7 Å². The van der Waals surface area contributed by atoms with Crippen LogP contribution in [0.4, 0.5) is 0 Å². The number of carbonyl (C=O) groups excluding carboxylic acids is 1. The highest BCUT2D eigenvalue weighted by Crippen LogP contribution is 2.25. The van der Waals surface area contributed by atoms with E-state index in [2.05, 4.69) is 0 Å². The van der Waals surface area contributed by atoms with Gasteiger partial charge in [0, 0.05) is 18.9 Å². The molecule has 3 aromatic carbocycles. The Balaban J connectivity index is 1.70. The van der Waals surface area contributed by atoms with Gasteiger partial charge in [-0.1, -0.05) is 30.3 Å². The second-order valence-electron chi connectivity index (χ2n) is 6.87. The Hall–Kier alpha value is -3.12. The van der Waals surface area contributed by atoms with E-state index in [1.54, 1.807) is 60.5 Å². The van der Waals surface area contributed by atoms with Crippen LogP contribution in [0.15, 0.2) is 83.8 Å². The number of rotatable bonds is 6. The first-order chi connectivity index (χ1) is 13.8. The first kappa shape index (κ1) is 20.6. The minimum Gasteiger partial charge on any atom is -0.457 e. The molecular formula is C23H23NO4S. The van der Waals surface area contributed by atoms with E-state index in [-0.39, 0.29) is 16.8 Å². The highest BCUT2D eigenvalue weighted by Gasteiger charge is 2.19. The molecule has 3 aromatic rings. The smallest absolute Gasteiger partial charge is 0.254 e. The first-order valence-electron chi connectivity index (χ1n) is 9.16. The van der Waals surface area contributed by atoms with E-state index in [1.807, 2.05) is 37.3 Å². The molecule has 3 rings (SSSR count). The number of sulfone groups is 1. The first-order valence-corrected chi connectivity index (χ1v) is 11.0. The predicted octanol–water partition coefficient (Wildman–Crippen LogP) is 4.72. The highest BCUT2D eigenvalue weighted by atomic mass is 32.2. The monoisotopic (exact) mass is 409 g/mol. The fourth-order valence-corrected chi connectivity index (χ4v) is 3.52. The van der Waals surface area contributed by atoms with Crippen molar-refractivity contribution >= 4 is 15.7 Å². The van der Waals surface area contributed by atoms with Gasteiger partial charge in [0.05, 0.1) is 10.9 Å². The van der Waals surface area contributed by atoms with Gasteiger partial charge in [0.25, 0.3) is 5.91 Å². The Morgan fingerprint density at radius 3 is 1.97 bits per heavy atom. The average molecular weight is 410 g/mol. The summed E-state index contributed by atoms with van der Waals surface area (Å²) in [6.45, 7) is 1.90. The molecule has 0 fully saturated rings. The molecule has 0 aliphatic heterocycles. The molecule has 0 unspecified atom stereocenters. The van der Waals surface area contributed by atoms with Gasteiger partial charge in [0.15, 0.2) is 9.84 Å². The maximum Gasteiger partial charge on any atom is 0.254 e. The van der Waals surface area contributed by atoms with Crippen LogP contribution in [-0.4, -0.2) is 32.5 Å². The van der Waals surface area contributed by atoms with Crippen molar-refractivity contribution in [2.75, 3.05) is 13.3 Å². The van der Waals surface area contributed by atoms with Crippen molar-refractivity contribution < 1.29 is 17.9 Å². The van der Waals surface area contributed by atoms with Crippen LogP contribution < -0.4 is 4.74 Å². The number of amides is 1. The van der Waals surface area contributed by atoms with Crippen LogP contribution in [0.5, 0.6) is 11.5 Å². The van der Waals surface area contributed by atoms with Crippen molar-refractivity contribution in [3.8, 4) is 11.5 Å². The second-order valence-corrected chi connectivity index (χ2v) is 8.89. The third-order valence-corrected chi connectivity index (χ3v) is 5.90. The fraction of sp³-hybridized carbons (Fsp3) is 0.174. The summed E-state index contributed by atoms with van der Waals surface area (Å²) >= 11 is 0. The Kier molecular flexibility index (Phi) is 6.03. The fourth-order valence-electron chi connectivity index (χ4n) is 2.89. The van der Waals surface area contributed by atoms with Crippen LogP contribution in [0.3, 0.4) is 0 Å². The summed E-state index contributed by atoms with van der Waals surface area (Å²) in [5.41, 5.74) is 1.41. The standard InChI is InChI=1S/C23H23NO4S/c1-17(18-11-15-22(16-12-18)29(3,26)27)24(2)23(25)19-9-13-21(14-10-19)28-20-7-5-4-6-8-20/h4-17H,1-3H3/t17-/m0/s1. The van der Waals surface area contributed by atoms with E-state index in [0.717, 1.165) is 11.3 Å². The second kappa shape index (κ2) is 8.49. The number of nitrogens with zero attached hydrogens (tertiary/aromatic N) is 1. The number of ether oxygens (including phenoxy) is 1. The molecule has 0 saturated heterocycles. The third-order valence-electron chi connectivity index (χ3n) is 4.77. The molecule has 0 N–H and O–H groups in total. The summed E-state index contributed by atoms with van der Waals surface area (Å²) in [6.07, 6.45) is 1.17. The largest absolute Gasteiger partial charge is 0.457 e. The van der Waals surface area contributed by atoms with E-state index in [4.69, 9.17) is 4.74 Å². The molecular weight excluding hydrogens is 386 g/mol. The summed E-state index contributed by atoms with van der Waals surface area (Å²) in [5.74, 6) is 1.26. The Morgan fingerprint density at radius 1 is 0.862 bits per heavy atom. The molecule has 29 heavy (non-hydrogen) atoms. The summed E-state index contributed by atoms with van der Waals surface area (Å²) < 4.78 is 29.0. The van der Waals surface area contributed by atoms with E-state index in [0.29, 0.717) is 11.3 Å². The summed E-state index contributed by atoms with van der Waals surface area (Å²) in [5, 5.41) is 0. The van der Waals surface area contributed by atoms with Crippen molar-refractivity contribution in [2.24, 2.45) is 0 Å². The van der Waals surface area contributed by atoms with Crippen LogP contribution >= 0.6 is 0 Å². The predicted molar refractivity (Wildman–Crippen MR) is 113 cm³/mol. The van der Waals surface area contributed by atoms with Gasteiger partial charge in [-0.05, 0) is 61.0 Å². The van der Waals surface area contributed by atoms with E-state index >= 15 is 0 Å². The van der Waals surface area contributed by atoms with Crippen LogP contribution in [0, 0.1) is 0 Å². The van der Waals surface area contributed by atoms with Gasteiger partial charge >= 0.3 is 0 Å². The minimum atomic E-state index is -3.24. The molecule has 0 heterocycles. The molecule has 5 nitrogen and oxygen atoms in total. The van der Waals surface area contributed by atoms with Crippen LogP contribution in [-0.2, 0) is 9.84 Å². The molecule has 0 spiro atoms. The zero-order valence-electron chi connectivity index (χ0n) is 16.6. The Labute approximate surface area is 171 Å². The van der Waals surface area contributed by atoms with Gasteiger partial charge in [-0.15, -0.1) is 0 Å². The van der Waals surface area contributed by atoms with E-state index < -0.39 is 9.84 Å². The molecule has 0 aliphatic rings. The van der Waals surface area contributed by atoms with Crippen molar-refractivity contribution in [3.05, 3.63) is 90.0 Å². The van der Waals surface area contributed by atoms with Gasteiger partial charge in [-0.25, -0.2) is 8.42 Å². The molecule has 0 aliphatic carbocycles. The maximum atomic E-state index is 12.8. The number of carbonyl (C=O) groups is 1. The van der Waals surface area contributed by atoms with Crippen molar-refractivity contribution in [1.29, 1.82) is 0 Å². The zero-order valence-corrected chi connectivity index (χ0v) is 17.4. The van der Waals surface area contributed by atoms with Gasteiger partial charge in [0.2, 0.25) is 0 Å². The quantitative estimate of drug-likeness (QED) is 0.591. The maximum absolute atomic E-state index is 12.8. The number of hydrogen-bond donors (Lipinski definition) is 0. The third kappa shape index (κ3) is 5.03. The lowest BCUT2D eigenvalue weighted by Crippen LogP contribution is -2.29. The molecule has 1 atom stereocenters. The van der Waals surface area contributed by atoms with E-state index in [9.17, 15) is 13.2 Å². The normalized spacial score (nSPS) is 12.2. The summed E-state index contributed by atoms with van der Waals surface area (Å²) in [4.78, 5) is 14.7. The molecule has 0 saturated carbocycles. The van der Waals surface area contributed by atoms with Crippen LogP contribution in [0.25, 0.3) is 0 Å². The highest BCUT2D eigenvalue weighted by molar-refractivity contribution is 7.90. The summed E-state index contributed by atoms with van der Waals surface area (Å²) in [6, 6.07) is 22.8. The molecule has 0 aromatic heterocycles. The number of hydrogen-bond acceptors (Lipinski definition) is 4. The van der Waals surface area contributed by atoms with Crippen LogP contribution in [0.1, 0.15) is 28.9 Å². The van der Waals surface area contributed by atoms with Gasteiger partial charge < -0.3 is 9.64 Å². The minimum absolute atomic E-state index is 0.129. The zero-order chi connectivity index (χ0) is 21.0. The summed E-state index contributed by atoms with van der Waals surface area (Å²) in [7, 11) is -1.52. The lowest BCUT2D eigenvalue weighted by Gasteiger charge is -2.25. The van der Waals surface area contributed by atoms with Crippen LogP contribution in [0.2, 0.25) is 0 Å². The molecule has 6 heteroatoms. The number of para-hydroxylation sites is 1. The lowest BCUT2D eigenvalue weighted by atomic mass is 10.1. The van der Waals surface area contributed by atoms with Crippen molar-refractivity contribution in [1.82, 2.24) is 4.90 Å². The van der Waals surface area contributed by atoms with E-state index in [1.165, 1.54) is 6.26 Å². The van der Waals surface area contributed by atoms with Crippen molar-refractivity contribution in [2.45, 2.75) is 17.9 Å². The lowest BCUT2D eigenvalue weighted by molar-refractivity contribution is 0.0742. The van der Waals surface area contributed by atoms with Gasteiger partial charge in [-0.2, -0.15) is 0 Å². The van der Waals surface area contributed by atoms with Gasteiger partial charge in [0.1, 0.15) is 11.5 Å². The molecule has 1 amide bonds. The average Bonchev–Trinajstić information content (AvgIpc) is 2.73. The van der Waals surface area contributed by atoms with Gasteiger partial charge in [-0.3, -0.25) is 4.79 Å². The molecule has 150 valence electrons. The molecule has 0 bridgehead atoms. The number of benzene rings is 3.